The predicted molar refractivity (Wildman–Crippen MR) is 62.3 cm³/mol. The number of piperidine rings is 1. The molecule has 1 saturated heterocycles. The van der Waals surface area contributed by atoms with Gasteiger partial charge in [-0.1, -0.05) is 11.3 Å². The van der Waals surface area contributed by atoms with E-state index in [2.05, 4.69) is 15.6 Å². The van der Waals surface area contributed by atoms with Gasteiger partial charge in [0.05, 0.1) is 12.6 Å². The monoisotopic (exact) mass is 269 g/mol. The second-order valence-electron chi connectivity index (χ2n) is 3.67. The number of carbonyl (C=O) groups is 3. The summed E-state index contributed by atoms with van der Waals surface area (Å²) in [6.45, 7) is 0. The van der Waals surface area contributed by atoms with E-state index in [0.29, 0.717) is 11.5 Å². The Kier molecular flexibility index (Phi) is 3.56. The highest BCUT2D eigenvalue weighted by Gasteiger charge is 2.29. The van der Waals surface area contributed by atoms with Crippen LogP contribution in [0.2, 0.25) is 0 Å². The van der Waals surface area contributed by atoms with Gasteiger partial charge in [0.25, 0.3) is 5.91 Å². The fourth-order valence-electron chi connectivity index (χ4n) is 1.59. The van der Waals surface area contributed by atoms with Crippen molar-refractivity contribution in [2.75, 3.05) is 7.11 Å². The molecule has 2 N–H and O–H groups in total. The van der Waals surface area contributed by atoms with Gasteiger partial charge in [-0.2, -0.15) is 0 Å². The van der Waals surface area contributed by atoms with Gasteiger partial charge in [-0.05, 0) is 6.42 Å². The Morgan fingerprint density at radius 3 is 3.06 bits per heavy atom. The average Bonchev–Trinajstić information content (AvgIpc) is 2.81. The molecule has 0 aromatic carbocycles. The molecule has 8 heteroatoms. The van der Waals surface area contributed by atoms with Crippen molar-refractivity contribution >= 4 is 29.1 Å². The van der Waals surface area contributed by atoms with Crippen LogP contribution in [0.4, 0.5) is 0 Å². The van der Waals surface area contributed by atoms with Crippen LogP contribution >= 0.6 is 11.3 Å². The Hall–Kier alpha value is -1.96. The molecule has 1 unspecified atom stereocenters. The Bertz CT molecular complexity index is 499. The van der Waals surface area contributed by atoms with Crippen LogP contribution in [0, 0.1) is 0 Å². The summed E-state index contributed by atoms with van der Waals surface area (Å²) in [5, 5.41) is 5.08. The number of methoxy groups -OCH3 is 1. The van der Waals surface area contributed by atoms with Gasteiger partial charge in [-0.15, -0.1) is 0 Å². The number of imide groups is 1. The van der Waals surface area contributed by atoms with Crippen molar-refractivity contribution in [3.8, 4) is 5.06 Å². The third-order valence-corrected chi connectivity index (χ3v) is 3.26. The Morgan fingerprint density at radius 2 is 2.39 bits per heavy atom. The minimum absolute atomic E-state index is 0.146. The average molecular weight is 269 g/mol. The molecule has 2 rings (SSSR count). The highest BCUT2D eigenvalue weighted by Crippen LogP contribution is 2.22. The van der Waals surface area contributed by atoms with Crippen molar-refractivity contribution < 1.29 is 19.1 Å². The normalized spacial score (nSPS) is 19.3. The van der Waals surface area contributed by atoms with Crippen LogP contribution in [0.1, 0.15) is 23.3 Å². The van der Waals surface area contributed by atoms with Crippen LogP contribution in [0.15, 0.2) is 5.51 Å². The molecule has 0 radical (unpaired) electrons. The number of nitrogens with zero attached hydrogens (tertiary/aromatic N) is 1. The van der Waals surface area contributed by atoms with Crippen LogP contribution < -0.4 is 15.4 Å². The summed E-state index contributed by atoms with van der Waals surface area (Å²) in [5.41, 5.74) is 1.63. The first-order valence-electron chi connectivity index (χ1n) is 5.24. The SMILES string of the molecule is COc1scnc1C(=O)NC1CCC(=O)NC1=O. The third kappa shape index (κ3) is 2.48. The molecule has 0 spiro atoms. The van der Waals surface area contributed by atoms with Gasteiger partial charge in [0.2, 0.25) is 16.9 Å². The molecule has 96 valence electrons. The van der Waals surface area contributed by atoms with E-state index >= 15 is 0 Å². The highest BCUT2D eigenvalue weighted by atomic mass is 32.1. The second-order valence-corrected chi connectivity index (χ2v) is 4.49. The lowest BCUT2D eigenvalue weighted by Gasteiger charge is -2.21. The van der Waals surface area contributed by atoms with Gasteiger partial charge in [-0.25, -0.2) is 4.98 Å². The summed E-state index contributed by atoms with van der Waals surface area (Å²) in [5.74, 6) is -1.30. The topological polar surface area (TPSA) is 97.4 Å². The fraction of sp³-hybridized carbons (Fsp3) is 0.400. The molecule has 0 bridgehead atoms. The number of rotatable bonds is 3. The zero-order chi connectivity index (χ0) is 13.1. The van der Waals surface area contributed by atoms with Gasteiger partial charge >= 0.3 is 0 Å². The van der Waals surface area contributed by atoms with E-state index in [1.807, 2.05) is 0 Å². The van der Waals surface area contributed by atoms with E-state index in [1.54, 1.807) is 0 Å². The van der Waals surface area contributed by atoms with E-state index in [9.17, 15) is 14.4 Å². The summed E-state index contributed by atoms with van der Waals surface area (Å²) in [6, 6.07) is -0.707. The maximum absolute atomic E-state index is 11.9. The molecule has 1 atom stereocenters. The minimum atomic E-state index is -0.707. The van der Waals surface area contributed by atoms with E-state index in [4.69, 9.17) is 4.74 Å². The van der Waals surface area contributed by atoms with Crippen molar-refractivity contribution in [3.05, 3.63) is 11.2 Å². The molecule has 1 aromatic rings. The molecule has 0 saturated carbocycles. The van der Waals surface area contributed by atoms with Gasteiger partial charge in [0.15, 0.2) is 5.69 Å². The van der Waals surface area contributed by atoms with Crippen molar-refractivity contribution in [2.24, 2.45) is 0 Å². The molecule has 7 nitrogen and oxygen atoms in total. The fourth-order valence-corrected chi connectivity index (χ4v) is 2.20. The van der Waals surface area contributed by atoms with Gasteiger partial charge in [-0.3, -0.25) is 19.7 Å². The van der Waals surface area contributed by atoms with E-state index in [-0.39, 0.29) is 18.0 Å². The van der Waals surface area contributed by atoms with E-state index in [0.717, 1.165) is 0 Å². The molecule has 2 heterocycles. The number of carbonyl (C=O) groups excluding carboxylic acids is 3. The van der Waals surface area contributed by atoms with Crippen LogP contribution in [-0.2, 0) is 9.59 Å². The summed E-state index contributed by atoms with van der Waals surface area (Å²) >= 11 is 1.19. The summed E-state index contributed by atoms with van der Waals surface area (Å²) < 4.78 is 4.98. The lowest BCUT2D eigenvalue weighted by Crippen LogP contribution is -2.52. The first-order valence-corrected chi connectivity index (χ1v) is 6.12. The Morgan fingerprint density at radius 1 is 1.61 bits per heavy atom. The standard InChI is InChI=1S/C10H11N3O4S/c1-17-10-7(11-4-18-10)9(16)12-5-2-3-6(14)13-8(5)15/h4-5H,2-3H2,1H3,(H,12,16)(H,13,14,15). The van der Waals surface area contributed by atoms with Crippen LogP contribution in [0.25, 0.3) is 0 Å². The zero-order valence-corrected chi connectivity index (χ0v) is 10.4. The second kappa shape index (κ2) is 5.13. The highest BCUT2D eigenvalue weighted by molar-refractivity contribution is 7.11. The molecule has 3 amide bonds. The van der Waals surface area contributed by atoms with Crippen LogP contribution in [0.5, 0.6) is 5.06 Å². The summed E-state index contributed by atoms with van der Waals surface area (Å²) in [6.07, 6.45) is 0.508. The molecular formula is C10H11N3O4S. The van der Waals surface area contributed by atoms with Gasteiger partial charge < -0.3 is 10.1 Å². The molecule has 18 heavy (non-hydrogen) atoms. The largest absolute Gasteiger partial charge is 0.485 e. The zero-order valence-electron chi connectivity index (χ0n) is 9.56. The lowest BCUT2D eigenvalue weighted by molar-refractivity contribution is -0.134. The smallest absolute Gasteiger partial charge is 0.275 e. The third-order valence-electron chi connectivity index (χ3n) is 2.48. The summed E-state index contributed by atoms with van der Waals surface area (Å²) in [7, 11) is 1.44. The number of hydrogen-bond acceptors (Lipinski definition) is 6. The molecule has 1 aliphatic heterocycles. The first kappa shape index (κ1) is 12.5. The van der Waals surface area contributed by atoms with Crippen molar-refractivity contribution in [3.63, 3.8) is 0 Å². The number of ether oxygens (including phenoxy) is 1. The number of amides is 3. The molecule has 0 aliphatic carbocycles. The molecular weight excluding hydrogens is 258 g/mol. The number of hydrogen-bond donors (Lipinski definition) is 2. The number of nitrogens with one attached hydrogen (secondary N) is 2. The quantitative estimate of drug-likeness (QED) is 0.733. The Labute approximate surface area is 107 Å². The van der Waals surface area contributed by atoms with Gasteiger partial charge in [0, 0.05) is 6.42 Å². The molecule has 1 aliphatic rings. The number of thiazole rings is 1. The number of aromatic nitrogens is 1. The van der Waals surface area contributed by atoms with Crippen molar-refractivity contribution in [1.82, 2.24) is 15.6 Å². The lowest BCUT2D eigenvalue weighted by atomic mass is 10.1. The maximum atomic E-state index is 11.9. The molecule has 1 aromatic heterocycles. The summed E-state index contributed by atoms with van der Waals surface area (Å²) in [4.78, 5) is 38.2. The first-order chi connectivity index (χ1) is 8.61. The van der Waals surface area contributed by atoms with Crippen LogP contribution in [-0.4, -0.2) is 35.9 Å². The van der Waals surface area contributed by atoms with Crippen LogP contribution in [0.3, 0.4) is 0 Å². The predicted octanol–water partition coefficient (Wildman–Crippen LogP) is -0.313. The maximum Gasteiger partial charge on any atom is 0.275 e. The Balaban J connectivity index is 2.03. The van der Waals surface area contributed by atoms with E-state index < -0.39 is 17.9 Å². The molecule has 1 fully saturated rings. The van der Waals surface area contributed by atoms with Crippen molar-refractivity contribution in [2.45, 2.75) is 18.9 Å². The minimum Gasteiger partial charge on any atom is -0.485 e. The van der Waals surface area contributed by atoms with Crippen molar-refractivity contribution in [1.29, 1.82) is 0 Å². The van der Waals surface area contributed by atoms with Gasteiger partial charge in [0.1, 0.15) is 6.04 Å². The van der Waals surface area contributed by atoms with E-state index in [1.165, 1.54) is 24.0 Å².